The molecule has 1 aromatic carbocycles. The van der Waals surface area contributed by atoms with Crippen LogP contribution in [0.3, 0.4) is 0 Å². The fourth-order valence-corrected chi connectivity index (χ4v) is 2.27. The molecule has 0 bridgehead atoms. The number of H-pyrrole nitrogens is 1. The Morgan fingerprint density at radius 3 is 2.80 bits per heavy atom. The molecule has 1 fully saturated rings. The van der Waals surface area contributed by atoms with E-state index in [-0.39, 0.29) is 11.5 Å². The van der Waals surface area contributed by atoms with E-state index in [1.54, 1.807) is 6.07 Å². The molecular formula is C14H15N3O3. The number of carbonyl (C=O) groups excluding carboxylic acids is 1. The zero-order valence-corrected chi connectivity index (χ0v) is 10.9. The predicted molar refractivity (Wildman–Crippen MR) is 74.4 cm³/mol. The van der Waals surface area contributed by atoms with Gasteiger partial charge in [-0.15, -0.1) is 0 Å². The van der Waals surface area contributed by atoms with E-state index in [1.165, 1.54) is 6.07 Å². The lowest BCUT2D eigenvalue weighted by atomic mass is 10.1. The van der Waals surface area contributed by atoms with E-state index in [1.807, 2.05) is 23.2 Å². The molecule has 1 aliphatic rings. The number of nitrogens with one attached hydrogen (secondary N) is 2. The third kappa shape index (κ3) is 2.56. The highest BCUT2D eigenvalue weighted by Gasteiger charge is 2.16. The molecule has 0 saturated carbocycles. The van der Waals surface area contributed by atoms with Crippen molar-refractivity contribution in [1.29, 1.82) is 0 Å². The minimum absolute atomic E-state index is 0.269. The first-order valence-electron chi connectivity index (χ1n) is 6.50. The Hall–Kier alpha value is -2.18. The Kier molecular flexibility index (Phi) is 3.49. The monoisotopic (exact) mass is 273 g/mol. The van der Waals surface area contributed by atoms with Crippen LogP contribution in [0.2, 0.25) is 0 Å². The molecule has 1 aromatic heterocycles. The second-order valence-electron chi connectivity index (χ2n) is 4.63. The molecule has 6 heteroatoms. The number of pyridine rings is 1. The lowest BCUT2D eigenvalue weighted by Crippen LogP contribution is -2.48. The predicted octanol–water partition coefficient (Wildman–Crippen LogP) is 0.505. The maximum Gasteiger partial charge on any atom is 0.266 e. The summed E-state index contributed by atoms with van der Waals surface area (Å²) in [6.45, 7) is 2.48. The molecule has 2 aromatic rings. The van der Waals surface area contributed by atoms with Crippen molar-refractivity contribution in [1.82, 2.24) is 15.4 Å². The zero-order chi connectivity index (χ0) is 13.9. The number of ether oxygens (including phenoxy) is 1. The average Bonchev–Trinajstić information content (AvgIpc) is 2.47. The average molecular weight is 273 g/mol. The second-order valence-corrected chi connectivity index (χ2v) is 4.63. The molecule has 0 aliphatic carbocycles. The van der Waals surface area contributed by atoms with Crippen molar-refractivity contribution in [2.45, 2.75) is 0 Å². The van der Waals surface area contributed by atoms with Gasteiger partial charge in [0, 0.05) is 30.1 Å². The number of aromatic amines is 1. The van der Waals surface area contributed by atoms with Crippen LogP contribution in [0.15, 0.2) is 35.1 Å². The number of hydrogen-bond donors (Lipinski definition) is 2. The van der Waals surface area contributed by atoms with Crippen LogP contribution in [0.25, 0.3) is 10.9 Å². The number of aromatic nitrogens is 1. The number of hydrogen-bond acceptors (Lipinski definition) is 4. The van der Waals surface area contributed by atoms with Crippen LogP contribution in [0.1, 0.15) is 10.4 Å². The summed E-state index contributed by atoms with van der Waals surface area (Å²) in [5.41, 5.74) is 3.58. The Balaban J connectivity index is 1.92. The van der Waals surface area contributed by atoms with Crippen LogP contribution in [0.4, 0.5) is 0 Å². The maximum absolute atomic E-state index is 12.3. The van der Waals surface area contributed by atoms with Gasteiger partial charge in [-0.1, -0.05) is 18.2 Å². The van der Waals surface area contributed by atoms with Crippen molar-refractivity contribution < 1.29 is 9.53 Å². The molecular weight excluding hydrogens is 258 g/mol. The van der Waals surface area contributed by atoms with Crippen molar-refractivity contribution in [3.63, 3.8) is 0 Å². The van der Waals surface area contributed by atoms with Crippen LogP contribution in [-0.4, -0.2) is 42.2 Å². The van der Waals surface area contributed by atoms with E-state index in [9.17, 15) is 9.59 Å². The molecule has 3 rings (SSSR count). The molecule has 6 nitrogen and oxygen atoms in total. The Bertz CT molecular complexity index is 689. The number of rotatable bonds is 2. The summed E-state index contributed by atoms with van der Waals surface area (Å²) >= 11 is 0. The third-order valence-electron chi connectivity index (χ3n) is 3.27. The fraction of sp³-hybridized carbons (Fsp3) is 0.286. The molecule has 104 valence electrons. The molecule has 1 aliphatic heterocycles. The van der Waals surface area contributed by atoms with E-state index in [0.717, 1.165) is 5.39 Å². The number of carbonyl (C=O) groups is 1. The van der Waals surface area contributed by atoms with Crippen LogP contribution < -0.4 is 11.0 Å². The van der Waals surface area contributed by atoms with Gasteiger partial charge < -0.3 is 9.72 Å². The van der Waals surface area contributed by atoms with E-state index in [0.29, 0.717) is 37.4 Å². The number of para-hydroxylation sites is 1. The van der Waals surface area contributed by atoms with E-state index in [4.69, 9.17) is 4.74 Å². The summed E-state index contributed by atoms with van der Waals surface area (Å²) in [5.74, 6) is -0.269. The van der Waals surface area contributed by atoms with Gasteiger partial charge in [-0.25, -0.2) is 5.01 Å². The van der Waals surface area contributed by atoms with Crippen molar-refractivity contribution >= 4 is 16.8 Å². The number of benzene rings is 1. The van der Waals surface area contributed by atoms with Crippen LogP contribution in [-0.2, 0) is 4.74 Å². The van der Waals surface area contributed by atoms with Gasteiger partial charge in [0.25, 0.3) is 5.91 Å². The minimum Gasteiger partial charge on any atom is -0.379 e. The van der Waals surface area contributed by atoms with Gasteiger partial charge in [0.2, 0.25) is 5.56 Å². The van der Waals surface area contributed by atoms with Gasteiger partial charge in [0.1, 0.15) is 0 Å². The van der Waals surface area contributed by atoms with Crippen LogP contribution in [0, 0.1) is 0 Å². The number of morpholine rings is 1. The highest BCUT2D eigenvalue weighted by atomic mass is 16.5. The number of hydrazine groups is 1. The lowest BCUT2D eigenvalue weighted by Gasteiger charge is -2.27. The molecule has 0 radical (unpaired) electrons. The van der Waals surface area contributed by atoms with Crippen LogP contribution >= 0.6 is 0 Å². The summed E-state index contributed by atoms with van der Waals surface area (Å²) in [6, 6.07) is 8.59. The van der Waals surface area contributed by atoms with Crippen molar-refractivity contribution in [3.8, 4) is 0 Å². The molecule has 0 unspecified atom stereocenters. The number of nitrogens with zero attached hydrogens (tertiary/aromatic N) is 1. The molecule has 1 amide bonds. The molecule has 0 atom stereocenters. The van der Waals surface area contributed by atoms with Gasteiger partial charge in [-0.2, -0.15) is 0 Å². The quantitative estimate of drug-likeness (QED) is 0.836. The Morgan fingerprint density at radius 2 is 2.00 bits per heavy atom. The maximum atomic E-state index is 12.3. The lowest BCUT2D eigenvalue weighted by molar-refractivity contribution is 0.0127. The zero-order valence-electron chi connectivity index (χ0n) is 10.9. The largest absolute Gasteiger partial charge is 0.379 e. The van der Waals surface area contributed by atoms with Crippen molar-refractivity contribution in [2.24, 2.45) is 0 Å². The first-order chi connectivity index (χ1) is 9.74. The van der Waals surface area contributed by atoms with Gasteiger partial charge in [-0.05, 0) is 6.07 Å². The molecule has 2 heterocycles. The minimum atomic E-state index is -0.282. The summed E-state index contributed by atoms with van der Waals surface area (Å²) in [6.07, 6.45) is 0. The van der Waals surface area contributed by atoms with E-state index in [2.05, 4.69) is 10.4 Å². The number of amides is 1. The molecule has 2 N–H and O–H groups in total. The fourth-order valence-electron chi connectivity index (χ4n) is 2.27. The van der Waals surface area contributed by atoms with E-state index < -0.39 is 0 Å². The Labute approximate surface area is 115 Å². The van der Waals surface area contributed by atoms with Gasteiger partial charge in [0.05, 0.1) is 18.8 Å². The summed E-state index contributed by atoms with van der Waals surface area (Å²) in [7, 11) is 0. The summed E-state index contributed by atoms with van der Waals surface area (Å²) < 4.78 is 5.23. The SMILES string of the molecule is O=C(NN1CCOCC1)c1cc(=O)[nH]c2ccccc12. The summed E-state index contributed by atoms with van der Waals surface area (Å²) in [4.78, 5) is 26.7. The third-order valence-corrected chi connectivity index (χ3v) is 3.27. The topological polar surface area (TPSA) is 74.4 Å². The smallest absolute Gasteiger partial charge is 0.266 e. The van der Waals surface area contributed by atoms with Crippen molar-refractivity contribution in [2.75, 3.05) is 26.3 Å². The standard InChI is InChI=1S/C14H15N3O3/c18-13-9-11(10-3-1-2-4-12(10)15-13)14(19)16-17-5-7-20-8-6-17/h1-4,9H,5-8H2,(H,15,18)(H,16,19). The second kappa shape index (κ2) is 5.44. The van der Waals surface area contributed by atoms with Crippen LogP contribution in [0.5, 0.6) is 0 Å². The first kappa shape index (κ1) is 12.8. The molecule has 20 heavy (non-hydrogen) atoms. The van der Waals surface area contributed by atoms with Gasteiger partial charge in [-0.3, -0.25) is 15.0 Å². The first-order valence-corrected chi connectivity index (χ1v) is 6.50. The molecule has 1 saturated heterocycles. The Morgan fingerprint density at radius 1 is 1.25 bits per heavy atom. The van der Waals surface area contributed by atoms with Gasteiger partial charge in [0.15, 0.2) is 0 Å². The highest BCUT2D eigenvalue weighted by Crippen LogP contribution is 2.14. The van der Waals surface area contributed by atoms with E-state index >= 15 is 0 Å². The normalized spacial score (nSPS) is 16.2. The number of fused-ring (bicyclic) bond motifs is 1. The molecule has 0 spiro atoms. The van der Waals surface area contributed by atoms with Gasteiger partial charge >= 0.3 is 0 Å². The van der Waals surface area contributed by atoms with Crippen molar-refractivity contribution in [3.05, 3.63) is 46.2 Å². The summed E-state index contributed by atoms with van der Waals surface area (Å²) in [5, 5.41) is 2.54. The highest BCUT2D eigenvalue weighted by molar-refractivity contribution is 6.05.